The lowest BCUT2D eigenvalue weighted by atomic mass is 10.2. The molecule has 0 atom stereocenters. The van der Waals surface area contributed by atoms with Crippen LogP contribution in [0, 0.1) is 6.92 Å². The van der Waals surface area contributed by atoms with Crippen molar-refractivity contribution >= 4 is 33.2 Å². The van der Waals surface area contributed by atoms with Gasteiger partial charge in [-0.15, -0.1) is 0 Å². The summed E-state index contributed by atoms with van der Waals surface area (Å²) in [5.74, 6) is 0.0797. The van der Waals surface area contributed by atoms with Gasteiger partial charge in [0.2, 0.25) is 10.0 Å². The molecule has 0 saturated heterocycles. The summed E-state index contributed by atoms with van der Waals surface area (Å²) >= 11 is 5.88. The average Bonchev–Trinajstić information content (AvgIpc) is 2.56. The van der Waals surface area contributed by atoms with Crippen molar-refractivity contribution in [2.45, 2.75) is 11.8 Å². The minimum Gasteiger partial charge on any atom is -0.484 e. The number of rotatable bonds is 6. The number of aryl methyl sites for hydroxylation is 1. The van der Waals surface area contributed by atoms with Gasteiger partial charge >= 0.3 is 0 Å². The molecule has 0 aliphatic carbocycles. The molecule has 0 bridgehead atoms. The summed E-state index contributed by atoms with van der Waals surface area (Å²) < 4.78 is 30.5. The van der Waals surface area contributed by atoms with Gasteiger partial charge in [0.15, 0.2) is 6.61 Å². The third-order valence-corrected chi connectivity index (χ3v) is 5.50. The second-order valence-electron chi connectivity index (χ2n) is 5.55. The molecule has 0 aromatic heterocycles. The Kier molecular flexibility index (Phi) is 6.05. The molecule has 25 heavy (non-hydrogen) atoms. The van der Waals surface area contributed by atoms with Crippen LogP contribution in [0.2, 0.25) is 5.02 Å². The topological polar surface area (TPSA) is 75.7 Å². The van der Waals surface area contributed by atoms with Crippen molar-refractivity contribution in [3.8, 4) is 5.75 Å². The van der Waals surface area contributed by atoms with Gasteiger partial charge in [0.05, 0.1) is 4.90 Å². The monoisotopic (exact) mass is 382 g/mol. The molecule has 134 valence electrons. The van der Waals surface area contributed by atoms with Crippen LogP contribution < -0.4 is 10.1 Å². The van der Waals surface area contributed by atoms with E-state index in [4.69, 9.17) is 16.3 Å². The van der Waals surface area contributed by atoms with Gasteiger partial charge in [-0.05, 0) is 55.0 Å². The molecule has 2 aromatic carbocycles. The second kappa shape index (κ2) is 7.86. The quantitative estimate of drug-likeness (QED) is 0.833. The first-order valence-corrected chi connectivity index (χ1v) is 9.23. The number of ether oxygens (including phenoxy) is 1. The van der Waals surface area contributed by atoms with Gasteiger partial charge in [0, 0.05) is 24.8 Å². The molecular weight excluding hydrogens is 364 g/mol. The first-order valence-electron chi connectivity index (χ1n) is 7.41. The highest BCUT2D eigenvalue weighted by Crippen LogP contribution is 2.20. The Balaban J connectivity index is 1.96. The smallest absolute Gasteiger partial charge is 0.262 e. The Labute approximate surface area is 152 Å². The number of carbonyl (C=O) groups is 1. The largest absolute Gasteiger partial charge is 0.484 e. The molecule has 0 spiro atoms. The van der Waals surface area contributed by atoms with Crippen molar-refractivity contribution < 1.29 is 17.9 Å². The Morgan fingerprint density at radius 3 is 2.36 bits per heavy atom. The lowest BCUT2D eigenvalue weighted by molar-refractivity contribution is -0.118. The molecule has 0 aliphatic rings. The molecule has 0 saturated carbocycles. The molecule has 0 radical (unpaired) electrons. The summed E-state index contributed by atoms with van der Waals surface area (Å²) in [7, 11) is -0.564. The zero-order chi connectivity index (χ0) is 18.6. The van der Waals surface area contributed by atoms with E-state index >= 15 is 0 Å². The summed E-state index contributed by atoms with van der Waals surface area (Å²) in [4.78, 5) is 12.1. The Morgan fingerprint density at radius 1 is 1.16 bits per heavy atom. The number of carbonyl (C=O) groups excluding carboxylic acids is 1. The van der Waals surface area contributed by atoms with E-state index in [1.165, 1.54) is 38.4 Å². The number of nitrogens with one attached hydrogen (secondary N) is 1. The van der Waals surface area contributed by atoms with Gasteiger partial charge in [-0.3, -0.25) is 4.79 Å². The maximum absolute atomic E-state index is 12.0. The molecule has 0 unspecified atom stereocenters. The van der Waals surface area contributed by atoms with E-state index in [2.05, 4.69) is 5.32 Å². The van der Waals surface area contributed by atoms with Crippen LogP contribution in [0.25, 0.3) is 0 Å². The molecule has 2 rings (SSSR count). The number of hydrogen-bond acceptors (Lipinski definition) is 4. The molecule has 8 heteroatoms. The number of benzene rings is 2. The fraction of sp³-hybridized carbons (Fsp3) is 0.235. The zero-order valence-corrected chi connectivity index (χ0v) is 15.7. The maximum Gasteiger partial charge on any atom is 0.262 e. The first kappa shape index (κ1) is 19.2. The van der Waals surface area contributed by atoms with Crippen molar-refractivity contribution in [1.29, 1.82) is 0 Å². The van der Waals surface area contributed by atoms with Gasteiger partial charge in [-0.25, -0.2) is 12.7 Å². The van der Waals surface area contributed by atoms with Gasteiger partial charge < -0.3 is 10.1 Å². The van der Waals surface area contributed by atoms with Crippen molar-refractivity contribution in [2.24, 2.45) is 0 Å². The van der Waals surface area contributed by atoms with E-state index in [-0.39, 0.29) is 17.4 Å². The van der Waals surface area contributed by atoms with Gasteiger partial charge in [-0.1, -0.05) is 11.6 Å². The predicted octanol–water partition coefficient (Wildman–Crippen LogP) is 2.92. The van der Waals surface area contributed by atoms with E-state index in [1.54, 1.807) is 18.2 Å². The van der Waals surface area contributed by atoms with Crippen LogP contribution in [0.1, 0.15) is 5.56 Å². The molecule has 0 aliphatic heterocycles. The van der Waals surface area contributed by atoms with E-state index in [0.29, 0.717) is 16.5 Å². The Hall–Kier alpha value is -2.09. The van der Waals surface area contributed by atoms with Crippen molar-refractivity contribution in [2.75, 3.05) is 26.0 Å². The van der Waals surface area contributed by atoms with E-state index in [0.717, 1.165) is 9.87 Å². The number of hydrogen-bond donors (Lipinski definition) is 1. The summed E-state index contributed by atoms with van der Waals surface area (Å²) in [5, 5.41) is 3.33. The van der Waals surface area contributed by atoms with Gasteiger partial charge in [0.1, 0.15) is 5.75 Å². The second-order valence-corrected chi connectivity index (χ2v) is 8.14. The fourth-order valence-corrected chi connectivity index (χ4v) is 3.15. The molecule has 1 N–H and O–H groups in total. The summed E-state index contributed by atoms with van der Waals surface area (Å²) in [6.45, 7) is 1.65. The third-order valence-electron chi connectivity index (χ3n) is 3.43. The van der Waals surface area contributed by atoms with E-state index in [9.17, 15) is 13.2 Å². The zero-order valence-electron chi connectivity index (χ0n) is 14.1. The maximum atomic E-state index is 12.0. The van der Waals surface area contributed by atoms with Crippen molar-refractivity contribution in [1.82, 2.24) is 4.31 Å². The fourth-order valence-electron chi connectivity index (χ4n) is 2.02. The molecule has 1 amide bonds. The summed E-state index contributed by atoms with van der Waals surface area (Å²) in [5.41, 5.74) is 1.50. The highest BCUT2D eigenvalue weighted by Gasteiger charge is 2.16. The van der Waals surface area contributed by atoms with Crippen LogP contribution >= 0.6 is 11.6 Å². The summed E-state index contributed by atoms with van der Waals surface area (Å²) in [6.07, 6.45) is 0. The van der Waals surface area contributed by atoms with Crippen LogP contribution in [0.15, 0.2) is 47.4 Å². The average molecular weight is 383 g/mol. The lowest BCUT2D eigenvalue weighted by Gasteiger charge is -2.12. The number of nitrogens with zero attached hydrogens (tertiary/aromatic N) is 1. The van der Waals surface area contributed by atoms with Crippen LogP contribution in [-0.2, 0) is 14.8 Å². The minimum absolute atomic E-state index is 0.158. The molecule has 6 nitrogen and oxygen atoms in total. The van der Waals surface area contributed by atoms with Crippen LogP contribution in [0.5, 0.6) is 5.75 Å². The predicted molar refractivity (Wildman–Crippen MR) is 97.6 cm³/mol. The highest BCUT2D eigenvalue weighted by molar-refractivity contribution is 7.89. The number of anilines is 1. The molecule has 0 fully saturated rings. The normalized spacial score (nSPS) is 11.4. The molecule has 0 heterocycles. The summed E-state index contributed by atoms with van der Waals surface area (Å²) in [6, 6.07) is 11.1. The highest BCUT2D eigenvalue weighted by atomic mass is 35.5. The molecular formula is C17H19ClN2O4S. The molecule has 2 aromatic rings. The number of sulfonamides is 1. The first-order chi connectivity index (χ1) is 11.7. The minimum atomic E-state index is -3.49. The van der Waals surface area contributed by atoms with Crippen molar-refractivity contribution in [3.63, 3.8) is 0 Å². The number of amides is 1. The van der Waals surface area contributed by atoms with Crippen LogP contribution in [0.4, 0.5) is 5.69 Å². The standard InChI is InChI=1S/C17H19ClN2O4S/c1-12-10-13(18)4-9-16(12)19-17(21)11-24-14-5-7-15(8-6-14)25(22,23)20(2)3/h4-10H,11H2,1-3H3,(H,19,21). The Bertz CT molecular complexity index is 865. The Morgan fingerprint density at radius 2 is 1.80 bits per heavy atom. The SMILES string of the molecule is Cc1cc(Cl)ccc1NC(=O)COc1ccc(S(=O)(=O)N(C)C)cc1. The van der Waals surface area contributed by atoms with Gasteiger partial charge in [0.25, 0.3) is 5.91 Å². The van der Waals surface area contributed by atoms with Crippen LogP contribution in [-0.4, -0.2) is 39.3 Å². The van der Waals surface area contributed by atoms with E-state index < -0.39 is 10.0 Å². The number of halogens is 1. The third kappa shape index (κ3) is 4.94. The van der Waals surface area contributed by atoms with Crippen molar-refractivity contribution in [3.05, 3.63) is 53.1 Å². The van der Waals surface area contributed by atoms with E-state index in [1.807, 2.05) is 6.92 Å². The lowest BCUT2D eigenvalue weighted by Crippen LogP contribution is -2.22. The van der Waals surface area contributed by atoms with Gasteiger partial charge in [-0.2, -0.15) is 0 Å². The van der Waals surface area contributed by atoms with Crippen LogP contribution in [0.3, 0.4) is 0 Å².